The van der Waals surface area contributed by atoms with Crippen molar-refractivity contribution in [2.45, 2.75) is 27.2 Å². The molecule has 3 aromatic rings. The summed E-state index contributed by atoms with van der Waals surface area (Å²) < 4.78 is 75.8. The Kier molecular flexibility index (Phi) is 7.79. The van der Waals surface area contributed by atoms with Gasteiger partial charge in [-0.25, -0.2) is 13.2 Å². The molecular weight excluding hydrogens is 501 g/mol. The summed E-state index contributed by atoms with van der Waals surface area (Å²) in [5, 5.41) is 4.72. The maximum absolute atomic E-state index is 14.7. The molecule has 0 aliphatic heterocycles. The average molecular weight is 527 g/mol. The Morgan fingerprint density at radius 3 is 2.36 bits per heavy atom. The van der Waals surface area contributed by atoms with Crippen molar-refractivity contribution in [3.05, 3.63) is 58.0 Å². The van der Waals surface area contributed by atoms with Crippen LogP contribution in [0.3, 0.4) is 0 Å². The van der Waals surface area contributed by atoms with Crippen LogP contribution in [-0.4, -0.2) is 33.7 Å². The molecule has 0 spiro atoms. The van der Waals surface area contributed by atoms with Crippen molar-refractivity contribution in [2.24, 2.45) is 5.41 Å². The van der Waals surface area contributed by atoms with Crippen LogP contribution in [-0.2, 0) is 19.1 Å². The number of halogens is 3. The molecule has 0 fully saturated rings. The molecule has 3 rings (SSSR count). The van der Waals surface area contributed by atoms with Gasteiger partial charge in [-0.1, -0.05) is 20.8 Å². The number of benzene rings is 2. The molecule has 12 heteroatoms. The maximum Gasteiger partial charge on any atom is 0.264 e. The van der Waals surface area contributed by atoms with Gasteiger partial charge in [0.05, 0.1) is 29.6 Å². The SMILES string of the molecule is CC(C)(C)C(=O)Nc1ccc(-c2cc(=O)c3c(NCCCOS(C)(=O)=O)c(F)cc(F)c3o2)cc1F. The highest BCUT2D eigenvalue weighted by atomic mass is 32.2. The molecule has 0 saturated carbocycles. The van der Waals surface area contributed by atoms with E-state index in [2.05, 4.69) is 14.8 Å². The molecule has 194 valence electrons. The molecule has 0 radical (unpaired) electrons. The number of carbonyl (C=O) groups excluding carboxylic acids is 1. The average Bonchev–Trinajstić information content (AvgIpc) is 2.75. The first-order valence-electron chi connectivity index (χ1n) is 10.8. The number of hydrogen-bond donors (Lipinski definition) is 2. The zero-order chi connectivity index (χ0) is 26.8. The number of carbonyl (C=O) groups is 1. The summed E-state index contributed by atoms with van der Waals surface area (Å²) in [5.41, 5.74) is -2.39. The highest BCUT2D eigenvalue weighted by Crippen LogP contribution is 2.31. The fraction of sp³-hybridized carbons (Fsp3) is 0.333. The fourth-order valence-corrected chi connectivity index (χ4v) is 3.58. The van der Waals surface area contributed by atoms with Crippen LogP contribution in [0.2, 0.25) is 0 Å². The Balaban J connectivity index is 1.93. The van der Waals surface area contributed by atoms with Gasteiger partial charge in [-0.15, -0.1) is 0 Å². The number of rotatable bonds is 8. The van der Waals surface area contributed by atoms with Gasteiger partial charge in [0.2, 0.25) is 5.91 Å². The zero-order valence-electron chi connectivity index (χ0n) is 20.0. The minimum atomic E-state index is -3.64. The lowest BCUT2D eigenvalue weighted by Gasteiger charge is -2.18. The molecular formula is C24H25F3N2O6S. The predicted octanol–water partition coefficient (Wildman–Crippen LogP) is 4.64. The number of fused-ring (bicyclic) bond motifs is 1. The van der Waals surface area contributed by atoms with E-state index in [0.29, 0.717) is 6.07 Å². The Hall–Kier alpha value is -3.38. The molecule has 0 aliphatic rings. The molecule has 2 N–H and O–H groups in total. The summed E-state index contributed by atoms with van der Waals surface area (Å²) in [4.78, 5) is 25.0. The lowest BCUT2D eigenvalue weighted by molar-refractivity contribution is -0.123. The molecule has 0 saturated heterocycles. The summed E-state index contributed by atoms with van der Waals surface area (Å²) in [6, 6.07) is 5.20. The van der Waals surface area contributed by atoms with Gasteiger partial charge < -0.3 is 15.1 Å². The van der Waals surface area contributed by atoms with E-state index in [0.717, 1.165) is 18.4 Å². The Bertz CT molecular complexity index is 1480. The lowest BCUT2D eigenvalue weighted by Crippen LogP contribution is -2.28. The molecule has 0 bridgehead atoms. The predicted molar refractivity (Wildman–Crippen MR) is 130 cm³/mol. The van der Waals surface area contributed by atoms with Gasteiger partial charge in [-0.2, -0.15) is 8.42 Å². The van der Waals surface area contributed by atoms with Crippen LogP contribution in [0.4, 0.5) is 24.5 Å². The van der Waals surface area contributed by atoms with Crippen LogP contribution in [0, 0.1) is 22.9 Å². The van der Waals surface area contributed by atoms with Gasteiger partial charge in [-0.3, -0.25) is 13.8 Å². The molecule has 1 aromatic heterocycles. The summed E-state index contributed by atoms with van der Waals surface area (Å²) in [7, 11) is -3.64. The van der Waals surface area contributed by atoms with Gasteiger partial charge >= 0.3 is 0 Å². The van der Waals surface area contributed by atoms with Crippen molar-refractivity contribution in [3.8, 4) is 11.3 Å². The van der Waals surface area contributed by atoms with Gasteiger partial charge in [-0.05, 0) is 24.6 Å². The summed E-state index contributed by atoms with van der Waals surface area (Å²) in [6.07, 6.45) is 1.03. The Morgan fingerprint density at radius 2 is 1.75 bits per heavy atom. The molecule has 8 nitrogen and oxygen atoms in total. The smallest absolute Gasteiger partial charge is 0.264 e. The van der Waals surface area contributed by atoms with E-state index in [1.165, 1.54) is 12.1 Å². The van der Waals surface area contributed by atoms with Crippen LogP contribution < -0.4 is 16.1 Å². The van der Waals surface area contributed by atoms with Crippen molar-refractivity contribution >= 4 is 38.4 Å². The van der Waals surface area contributed by atoms with Crippen LogP contribution in [0.15, 0.2) is 39.5 Å². The Labute approximate surface area is 205 Å². The van der Waals surface area contributed by atoms with E-state index in [1.807, 2.05) is 0 Å². The third kappa shape index (κ3) is 6.43. The lowest BCUT2D eigenvalue weighted by atomic mass is 9.95. The summed E-state index contributed by atoms with van der Waals surface area (Å²) >= 11 is 0. The minimum absolute atomic E-state index is 0.0152. The number of amides is 1. The first-order chi connectivity index (χ1) is 16.7. The second kappa shape index (κ2) is 10.3. The van der Waals surface area contributed by atoms with E-state index in [4.69, 9.17) is 4.42 Å². The van der Waals surface area contributed by atoms with Gasteiger partial charge in [0.25, 0.3) is 10.1 Å². The van der Waals surface area contributed by atoms with Crippen LogP contribution >= 0.6 is 0 Å². The van der Waals surface area contributed by atoms with Crippen molar-refractivity contribution in [1.29, 1.82) is 0 Å². The largest absolute Gasteiger partial charge is 0.453 e. The van der Waals surface area contributed by atoms with Crippen LogP contribution in [0.5, 0.6) is 0 Å². The molecule has 2 aromatic carbocycles. The van der Waals surface area contributed by atoms with Crippen LogP contribution in [0.25, 0.3) is 22.3 Å². The van der Waals surface area contributed by atoms with Gasteiger partial charge in [0.1, 0.15) is 17.4 Å². The van der Waals surface area contributed by atoms with E-state index < -0.39 is 55.3 Å². The zero-order valence-corrected chi connectivity index (χ0v) is 20.8. The van der Waals surface area contributed by atoms with Crippen molar-refractivity contribution in [3.63, 3.8) is 0 Å². The molecule has 0 unspecified atom stereocenters. The van der Waals surface area contributed by atoms with Gasteiger partial charge in [0, 0.05) is 29.7 Å². The number of nitrogens with one attached hydrogen (secondary N) is 2. The molecule has 36 heavy (non-hydrogen) atoms. The maximum atomic E-state index is 14.7. The quantitative estimate of drug-likeness (QED) is 0.325. The van der Waals surface area contributed by atoms with Crippen molar-refractivity contribution in [2.75, 3.05) is 30.0 Å². The van der Waals surface area contributed by atoms with Crippen LogP contribution in [0.1, 0.15) is 27.2 Å². The first-order valence-corrected chi connectivity index (χ1v) is 12.6. The molecule has 1 heterocycles. The van der Waals surface area contributed by atoms with E-state index in [-0.39, 0.29) is 42.3 Å². The summed E-state index contributed by atoms with van der Waals surface area (Å²) in [5.74, 6) is -3.56. The topological polar surface area (TPSA) is 115 Å². The number of anilines is 2. The third-order valence-corrected chi connectivity index (χ3v) is 5.60. The first kappa shape index (κ1) is 27.2. The second-order valence-electron chi connectivity index (χ2n) is 9.10. The molecule has 0 aliphatic carbocycles. The third-order valence-electron chi connectivity index (χ3n) is 5.01. The monoisotopic (exact) mass is 526 g/mol. The van der Waals surface area contributed by atoms with E-state index in [1.54, 1.807) is 20.8 Å². The second-order valence-corrected chi connectivity index (χ2v) is 10.7. The van der Waals surface area contributed by atoms with Crippen molar-refractivity contribution in [1.82, 2.24) is 0 Å². The van der Waals surface area contributed by atoms with E-state index in [9.17, 15) is 31.2 Å². The highest BCUT2D eigenvalue weighted by molar-refractivity contribution is 7.85. The normalized spacial score (nSPS) is 12.1. The molecule has 1 amide bonds. The van der Waals surface area contributed by atoms with Crippen molar-refractivity contribution < 1.29 is 35.0 Å². The highest BCUT2D eigenvalue weighted by Gasteiger charge is 2.23. The van der Waals surface area contributed by atoms with Gasteiger partial charge in [0.15, 0.2) is 16.8 Å². The number of hydrogen-bond acceptors (Lipinski definition) is 7. The van der Waals surface area contributed by atoms with E-state index >= 15 is 0 Å². The Morgan fingerprint density at radius 1 is 1.06 bits per heavy atom. The standard InChI is InChI=1S/C24H25F3N2O6S/c1-24(2,3)23(31)29-17-7-6-13(10-14(17)25)19-12-18(30)20-21(15(26)11-16(27)22(20)35-19)28-8-5-9-34-36(4,32)33/h6-7,10-12,28H,5,8-9H2,1-4H3,(H,29,31). The summed E-state index contributed by atoms with van der Waals surface area (Å²) in [6.45, 7) is 4.84. The molecule has 0 atom stereocenters. The fourth-order valence-electron chi connectivity index (χ4n) is 3.16. The minimum Gasteiger partial charge on any atom is -0.453 e.